The molecule has 0 aliphatic heterocycles. The number of hydrogen-bond donors (Lipinski definition) is 2. The highest BCUT2D eigenvalue weighted by Crippen LogP contribution is 2.34. The van der Waals surface area contributed by atoms with Crippen molar-refractivity contribution < 1.29 is 22.3 Å². The maximum Gasteiger partial charge on any atom is 0.228 e. The third kappa shape index (κ3) is 7.76. The molecule has 2 heterocycles. The Morgan fingerprint density at radius 1 is 1.10 bits per heavy atom. The summed E-state index contributed by atoms with van der Waals surface area (Å²) < 4.78 is 47.5. The van der Waals surface area contributed by atoms with Crippen LogP contribution in [0.15, 0.2) is 88.8 Å². The number of ether oxygens (including phenoxy) is 1. The number of rotatable bonds is 9. The molecule has 42 heavy (non-hydrogen) atoms. The van der Waals surface area contributed by atoms with Crippen molar-refractivity contribution in [2.24, 2.45) is 10.7 Å². The van der Waals surface area contributed by atoms with Gasteiger partial charge in [0.05, 0.1) is 39.5 Å². The van der Waals surface area contributed by atoms with Crippen LogP contribution in [-0.4, -0.2) is 36.0 Å². The number of benzene rings is 2. The molecule has 4 aromatic rings. The number of pyridine rings is 2. The molecule has 0 bridgehead atoms. The highest BCUT2D eigenvalue weighted by molar-refractivity contribution is 7.90. The summed E-state index contributed by atoms with van der Waals surface area (Å²) in [5.41, 5.74) is 7.38. The number of hydrogen-bond acceptors (Lipinski definition) is 8. The second-order valence-corrected chi connectivity index (χ2v) is 12.7. The van der Waals surface area contributed by atoms with Crippen molar-refractivity contribution in [3.8, 4) is 11.5 Å². The van der Waals surface area contributed by atoms with Gasteiger partial charge in [-0.15, -0.1) is 0 Å². The number of halogens is 1. The molecule has 0 saturated heterocycles. The van der Waals surface area contributed by atoms with Crippen LogP contribution in [0.3, 0.4) is 0 Å². The first kappa shape index (κ1) is 30.3. The molecule has 9 nitrogen and oxygen atoms in total. The molecule has 0 aliphatic carbocycles. The standard InChI is InChI=1S/C31H32FN5O4S/c1-20-13-21(15-29(38)37-23(17-33)18-36-31(2,3)4)14-26(32)30(20)41-28-10-12-35-27-9-8-24(16-25(27)28)42(39,40)19-22-7-5-6-11-34-22/h5-14,16-18H,15,19,33H2,1-4H3,(H,37,38)/b23-17+,36-18?. The predicted molar refractivity (Wildman–Crippen MR) is 160 cm³/mol. The number of carbonyl (C=O) groups is 1. The Balaban J connectivity index is 1.56. The van der Waals surface area contributed by atoms with Gasteiger partial charge in [0.15, 0.2) is 21.4 Å². The Labute approximate surface area is 244 Å². The minimum absolute atomic E-state index is 0.0479. The van der Waals surface area contributed by atoms with Crippen molar-refractivity contribution in [3.63, 3.8) is 0 Å². The maximum atomic E-state index is 15.3. The topological polar surface area (TPSA) is 137 Å². The van der Waals surface area contributed by atoms with Gasteiger partial charge in [0.1, 0.15) is 5.75 Å². The number of aryl methyl sites for hydroxylation is 1. The lowest BCUT2D eigenvalue weighted by Gasteiger charge is -2.14. The van der Waals surface area contributed by atoms with E-state index in [-0.39, 0.29) is 40.0 Å². The number of amides is 1. The number of nitrogens with two attached hydrogens (primary N) is 1. The Morgan fingerprint density at radius 2 is 1.88 bits per heavy atom. The first-order valence-corrected chi connectivity index (χ1v) is 14.7. The highest BCUT2D eigenvalue weighted by atomic mass is 32.2. The van der Waals surface area contributed by atoms with Gasteiger partial charge >= 0.3 is 0 Å². The molecule has 4 rings (SSSR count). The molecule has 2 aromatic carbocycles. The number of allylic oxidation sites excluding steroid dienone is 1. The van der Waals surface area contributed by atoms with Gasteiger partial charge in [-0.2, -0.15) is 0 Å². The summed E-state index contributed by atoms with van der Waals surface area (Å²) in [6.45, 7) is 7.39. The lowest BCUT2D eigenvalue weighted by Crippen LogP contribution is -2.26. The van der Waals surface area contributed by atoms with Gasteiger partial charge in [-0.1, -0.05) is 12.1 Å². The smallest absolute Gasteiger partial charge is 0.228 e. The van der Waals surface area contributed by atoms with Crippen molar-refractivity contribution in [3.05, 3.63) is 102 Å². The summed E-state index contributed by atoms with van der Waals surface area (Å²) >= 11 is 0. The molecule has 218 valence electrons. The van der Waals surface area contributed by atoms with E-state index in [1.54, 1.807) is 37.3 Å². The van der Waals surface area contributed by atoms with Crippen LogP contribution in [0.1, 0.15) is 37.6 Å². The monoisotopic (exact) mass is 589 g/mol. The molecule has 0 unspecified atom stereocenters. The SMILES string of the molecule is Cc1cc(CC(=O)N/C(C=NC(C)(C)C)=C/N)cc(F)c1Oc1ccnc2ccc(S(=O)(=O)Cc3ccccn3)cc12. The summed E-state index contributed by atoms with van der Waals surface area (Å²) in [5, 5.41) is 3.07. The Bertz CT molecular complexity index is 1760. The van der Waals surface area contributed by atoms with E-state index in [0.29, 0.717) is 33.4 Å². The third-order valence-electron chi connectivity index (χ3n) is 6.02. The van der Waals surface area contributed by atoms with Gasteiger partial charge in [-0.05, 0) is 81.3 Å². The molecule has 2 aromatic heterocycles. The second-order valence-electron chi connectivity index (χ2n) is 10.7. The first-order valence-electron chi connectivity index (χ1n) is 13.1. The van der Waals surface area contributed by atoms with Crippen LogP contribution in [0.2, 0.25) is 0 Å². The zero-order chi connectivity index (χ0) is 30.5. The zero-order valence-electron chi connectivity index (χ0n) is 23.8. The van der Waals surface area contributed by atoms with Crippen LogP contribution in [-0.2, 0) is 26.8 Å². The second kappa shape index (κ2) is 12.5. The van der Waals surface area contributed by atoms with Crippen LogP contribution in [0.4, 0.5) is 4.39 Å². The van der Waals surface area contributed by atoms with Crippen LogP contribution < -0.4 is 15.8 Å². The number of nitrogens with one attached hydrogen (secondary N) is 1. The highest BCUT2D eigenvalue weighted by Gasteiger charge is 2.19. The van der Waals surface area contributed by atoms with Gasteiger partial charge in [-0.25, -0.2) is 12.8 Å². The average molecular weight is 590 g/mol. The Kier molecular flexibility index (Phi) is 9.01. The van der Waals surface area contributed by atoms with Crippen molar-refractivity contribution in [1.82, 2.24) is 15.3 Å². The molecule has 3 N–H and O–H groups in total. The molecule has 0 spiro atoms. The maximum absolute atomic E-state index is 15.3. The van der Waals surface area contributed by atoms with Crippen molar-refractivity contribution in [2.75, 3.05) is 0 Å². The summed E-state index contributed by atoms with van der Waals surface area (Å²) in [6, 6.07) is 14.0. The predicted octanol–water partition coefficient (Wildman–Crippen LogP) is 5.17. The molecule has 1 amide bonds. The lowest BCUT2D eigenvalue weighted by atomic mass is 10.1. The fourth-order valence-corrected chi connectivity index (χ4v) is 5.36. The molecule has 0 atom stereocenters. The van der Waals surface area contributed by atoms with E-state index < -0.39 is 15.7 Å². The number of carbonyl (C=O) groups excluding carboxylic acids is 1. The molecule has 11 heteroatoms. The molecule has 0 radical (unpaired) electrons. The van der Waals surface area contributed by atoms with E-state index >= 15 is 4.39 Å². The molecular formula is C31H32FN5O4S. The van der Waals surface area contributed by atoms with E-state index in [1.807, 2.05) is 20.8 Å². The Morgan fingerprint density at radius 3 is 2.55 bits per heavy atom. The van der Waals surface area contributed by atoms with Gasteiger partial charge < -0.3 is 15.8 Å². The minimum atomic E-state index is -3.73. The van der Waals surface area contributed by atoms with Gasteiger partial charge in [-0.3, -0.25) is 19.8 Å². The lowest BCUT2D eigenvalue weighted by molar-refractivity contribution is -0.119. The summed E-state index contributed by atoms with van der Waals surface area (Å²) in [5.74, 6) is -1.15. The molecule has 0 aliphatic rings. The fourth-order valence-electron chi connectivity index (χ4n) is 4.06. The molecule has 0 fully saturated rings. The molecule has 0 saturated carbocycles. The Hall–Kier alpha value is -4.64. The number of aliphatic imine (C=N–C) groups is 1. The largest absolute Gasteiger partial charge is 0.453 e. The van der Waals surface area contributed by atoms with Gasteiger partial charge in [0.2, 0.25) is 5.91 Å². The van der Waals surface area contributed by atoms with E-state index in [0.717, 1.165) is 0 Å². The van der Waals surface area contributed by atoms with Crippen molar-refractivity contribution in [1.29, 1.82) is 0 Å². The van der Waals surface area contributed by atoms with Crippen molar-refractivity contribution >= 4 is 32.9 Å². The number of nitrogens with zero attached hydrogens (tertiary/aromatic N) is 3. The van der Waals surface area contributed by atoms with E-state index in [4.69, 9.17) is 10.5 Å². The van der Waals surface area contributed by atoms with E-state index in [1.165, 1.54) is 49.1 Å². The fraction of sp³-hybridized carbons (Fsp3) is 0.226. The number of fused-ring (bicyclic) bond motifs is 1. The summed E-state index contributed by atoms with van der Waals surface area (Å²) in [6.07, 6.45) is 5.65. The third-order valence-corrected chi connectivity index (χ3v) is 7.66. The van der Waals surface area contributed by atoms with Crippen molar-refractivity contribution in [2.45, 2.75) is 50.3 Å². The molecular weight excluding hydrogens is 557 g/mol. The van der Waals surface area contributed by atoms with Gasteiger partial charge in [0, 0.05) is 30.2 Å². The van der Waals surface area contributed by atoms with Crippen LogP contribution >= 0.6 is 0 Å². The average Bonchev–Trinajstić information content (AvgIpc) is 2.92. The summed E-state index contributed by atoms with van der Waals surface area (Å²) in [7, 11) is -3.73. The van der Waals surface area contributed by atoms with E-state index in [9.17, 15) is 13.2 Å². The van der Waals surface area contributed by atoms with Gasteiger partial charge in [0.25, 0.3) is 0 Å². The summed E-state index contributed by atoms with van der Waals surface area (Å²) in [4.78, 5) is 25.4. The minimum Gasteiger partial charge on any atom is -0.453 e. The quantitative estimate of drug-likeness (QED) is 0.257. The van der Waals surface area contributed by atoms with Crippen LogP contribution in [0, 0.1) is 12.7 Å². The van der Waals surface area contributed by atoms with Crippen LogP contribution in [0.25, 0.3) is 10.9 Å². The van der Waals surface area contributed by atoms with Crippen LogP contribution in [0.5, 0.6) is 11.5 Å². The first-order chi connectivity index (χ1) is 19.8. The van der Waals surface area contributed by atoms with E-state index in [2.05, 4.69) is 20.3 Å². The normalized spacial score (nSPS) is 12.5. The number of sulfone groups is 1. The number of aromatic nitrogens is 2. The zero-order valence-corrected chi connectivity index (χ0v) is 24.6.